The molecule has 0 aromatic heterocycles. The standard InChI is InChI=1S/C21H32ClNO2/c1-5-17(6-2)21(25)23-19-13-16(12-18(22)14-19)10-8-7-9-11-20(24)15(3)4/h12-15,17H,5-11H2,1-4H3,(H,23,25). The van der Waals surface area contributed by atoms with Crippen LogP contribution in [0.15, 0.2) is 18.2 Å². The van der Waals surface area contributed by atoms with E-state index < -0.39 is 0 Å². The number of halogens is 1. The van der Waals surface area contributed by atoms with Gasteiger partial charge in [0.05, 0.1) is 0 Å². The highest BCUT2D eigenvalue weighted by Gasteiger charge is 2.14. The molecule has 4 heteroatoms. The lowest BCUT2D eigenvalue weighted by Crippen LogP contribution is -2.21. The summed E-state index contributed by atoms with van der Waals surface area (Å²) >= 11 is 6.20. The number of ketones is 1. The summed E-state index contributed by atoms with van der Waals surface area (Å²) in [6.07, 6.45) is 6.24. The van der Waals surface area contributed by atoms with Crippen molar-refractivity contribution in [2.75, 3.05) is 5.32 Å². The normalized spacial score (nSPS) is 11.2. The molecule has 0 heterocycles. The molecule has 0 spiro atoms. The average molecular weight is 366 g/mol. The molecule has 1 N–H and O–H groups in total. The van der Waals surface area contributed by atoms with Crippen LogP contribution in [-0.2, 0) is 16.0 Å². The Kier molecular flexibility index (Phi) is 9.81. The second-order valence-corrected chi connectivity index (χ2v) is 7.47. The Morgan fingerprint density at radius 1 is 1.04 bits per heavy atom. The smallest absolute Gasteiger partial charge is 0.227 e. The number of Topliss-reactive ketones (excluding diaryl/α,β-unsaturated/α-hetero) is 1. The van der Waals surface area contributed by atoms with Crippen molar-refractivity contribution in [3.05, 3.63) is 28.8 Å². The summed E-state index contributed by atoms with van der Waals surface area (Å²) in [6.45, 7) is 7.96. The highest BCUT2D eigenvalue weighted by Crippen LogP contribution is 2.22. The SMILES string of the molecule is CCC(CC)C(=O)Nc1cc(Cl)cc(CCCCCC(=O)C(C)C)c1. The molecule has 1 aromatic carbocycles. The Bertz CT molecular complexity index is 565. The van der Waals surface area contributed by atoms with Crippen molar-refractivity contribution in [2.45, 2.75) is 72.6 Å². The quantitative estimate of drug-likeness (QED) is 0.485. The lowest BCUT2D eigenvalue weighted by atomic mass is 10.0. The maximum Gasteiger partial charge on any atom is 0.227 e. The predicted molar refractivity (Wildman–Crippen MR) is 106 cm³/mol. The van der Waals surface area contributed by atoms with E-state index in [9.17, 15) is 9.59 Å². The largest absolute Gasteiger partial charge is 0.326 e. The Morgan fingerprint density at radius 3 is 2.32 bits per heavy atom. The van der Waals surface area contributed by atoms with Crippen molar-refractivity contribution in [2.24, 2.45) is 11.8 Å². The highest BCUT2D eigenvalue weighted by molar-refractivity contribution is 6.31. The second-order valence-electron chi connectivity index (χ2n) is 7.03. The maximum absolute atomic E-state index is 12.2. The molecule has 0 atom stereocenters. The number of aryl methyl sites for hydroxylation is 1. The van der Waals surface area contributed by atoms with E-state index in [-0.39, 0.29) is 17.7 Å². The van der Waals surface area contributed by atoms with E-state index in [1.165, 1.54) is 0 Å². The predicted octanol–water partition coefficient (Wildman–Crippen LogP) is 6.04. The van der Waals surface area contributed by atoms with Gasteiger partial charge in [0.15, 0.2) is 0 Å². The Labute approximate surface area is 157 Å². The van der Waals surface area contributed by atoms with Crippen LogP contribution in [-0.4, -0.2) is 11.7 Å². The zero-order valence-corrected chi connectivity index (χ0v) is 16.8. The third-order valence-electron chi connectivity index (χ3n) is 4.61. The van der Waals surface area contributed by atoms with Crippen molar-refractivity contribution in [1.29, 1.82) is 0 Å². The third kappa shape index (κ3) is 8.04. The number of rotatable bonds is 11. The third-order valence-corrected chi connectivity index (χ3v) is 4.83. The summed E-state index contributed by atoms with van der Waals surface area (Å²) in [5.41, 5.74) is 1.90. The molecule has 1 rings (SSSR count). The average Bonchev–Trinajstić information content (AvgIpc) is 2.54. The first-order valence-electron chi connectivity index (χ1n) is 9.50. The number of benzene rings is 1. The van der Waals surface area contributed by atoms with Crippen LogP contribution in [0, 0.1) is 11.8 Å². The minimum atomic E-state index is 0.0425. The van der Waals surface area contributed by atoms with Crippen LogP contribution in [0.5, 0.6) is 0 Å². The fourth-order valence-electron chi connectivity index (χ4n) is 2.86. The van der Waals surface area contributed by atoms with E-state index in [0.717, 1.165) is 49.8 Å². The van der Waals surface area contributed by atoms with Crippen LogP contribution in [0.1, 0.15) is 71.8 Å². The summed E-state index contributed by atoms with van der Waals surface area (Å²) in [6, 6.07) is 5.76. The van der Waals surface area contributed by atoms with Crippen LogP contribution in [0.25, 0.3) is 0 Å². The van der Waals surface area contributed by atoms with Gasteiger partial charge in [0, 0.05) is 29.0 Å². The van der Waals surface area contributed by atoms with E-state index in [0.29, 0.717) is 17.2 Å². The number of unbranched alkanes of at least 4 members (excludes halogenated alkanes) is 2. The molecule has 25 heavy (non-hydrogen) atoms. The van der Waals surface area contributed by atoms with Crippen molar-refractivity contribution in [1.82, 2.24) is 0 Å². The first-order valence-corrected chi connectivity index (χ1v) is 9.88. The number of carbonyl (C=O) groups excluding carboxylic acids is 2. The molecule has 0 aliphatic heterocycles. The molecular formula is C21H32ClNO2. The Morgan fingerprint density at radius 2 is 1.72 bits per heavy atom. The van der Waals surface area contributed by atoms with Crippen molar-refractivity contribution >= 4 is 29.0 Å². The fraction of sp³-hybridized carbons (Fsp3) is 0.619. The molecule has 0 aliphatic rings. The van der Waals surface area contributed by atoms with Gasteiger partial charge in [0.2, 0.25) is 5.91 Å². The van der Waals surface area contributed by atoms with Crippen LogP contribution in [0.2, 0.25) is 5.02 Å². The summed E-state index contributed by atoms with van der Waals surface area (Å²) in [5, 5.41) is 3.63. The molecule has 1 amide bonds. The number of carbonyl (C=O) groups is 2. The van der Waals surface area contributed by atoms with Gasteiger partial charge in [0.1, 0.15) is 5.78 Å². The topological polar surface area (TPSA) is 46.2 Å². The van der Waals surface area contributed by atoms with Crippen molar-refractivity contribution in [3.63, 3.8) is 0 Å². The molecule has 0 radical (unpaired) electrons. The van der Waals surface area contributed by atoms with E-state index in [2.05, 4.69) is 5.32 Å². The highest BCUT2D eigenvalue weighted by atomic mass is 35.5. The summed E-state index contributed by atoms with van der Waals surface area (Å²) in [7, 11) is 0. The molecule has 140 valence electrons. The molecule has 0 fully saturated rings. The van der Waals surface area contributed by atoms with Crippen molar-refractivity contribution in [3.8, 4) is 0 Å². The lowest BCUT2D eigenvalue weighted by molar-refractivity contribution is -0.122. The van der Waals surface area contributed by atoms with E-state index >= 15 is 0 Å². The van der Waals surface area contributed by atoms with E-state index in [1.54, 1.807) is 6.07 Å². The molecule has 3 nitrogen and oxygen atoms in total. The van der Waals surface area contributed by atoms with Crippen LogP contribution >= 0.6 is 11.6 Å². The molecule has 0 saturated carbocycles. The monoisotopic (exact) mass is 365 g/mol. The van der Waals surface area contributed by atoms with Crippen LogP contribution < -0.4 is 5.32 Å². The second kappa shape index (κ2) is 11.3. The molecule has 0 unspecified atom stereocenters. The summed E-state index contributed by atoms with van der Waals surface area (Å²) in [4.78, 5) is 23.8. The zero-order chi connectivity index (χ0) is 18.8. The molecular weight excluding hydrogens is 334 g/mol. The zero-order valence-electron chi connectivity index (χ0n) is 16.0. The van der Waals surface area contributed by atoms with Gasteiger partial charge in [0.25, 0.3) is 0 Å². The van der Waals surface area contributed by atoms with Crippen LogP contribution in [0.4, 0.5) is 5.69 Å². The maximum atomic E-state index is 12.2. The first kappa shape index (κ1) is 21.7. The molecule has 1 aromatic rings. The number of amides is 1. The van der Waals surface area contributed by atoms with E-state index in [1.807, 2.05) is 39.8 Å². The number of hydrogen-bond acceptors (Lipinski definition) is 2. The van der Waals surface area contributed by atoms with Gasteiger partial charge in [-0.15, -0.1) is 0 Å². The van der Waals surface area contributed by atoms with Gasteiger partial charge in [-0.25, -0.2) is 0 Å². The minimum Gasteiger partial charge on any atom is -0.326 e. The van der Waals surface area contributed by atoms with Gasteiger partial charge in [-0.1, -0.05) is 45.7 Å². The molecule has 0 aliphatic carbocycles. The van der Waals surface area contributed by atoms with Gasteiger partial charge >= 0.3 is 0 Å². The van der Waals surface area contributed by atoms with E-state index in [4.69, 9.17) is 11.6 Å². The molecule has 0 saturated heterocycles. The van der Waals surface area contributed by atoms with Crippen molar-refractivity contribution < 1.29 is 9.59 Å². The summed E-state index contributed by atoms with van der Waals surface area (Å²) in [5.74, 6) is 0.578. The van der Waals surface area contributed by atoms with Gasteiger partial charge in [-0.2, -0.15) is 0 Å². The Hall–Kier alpha value is -1.35. The summed E-state index contributed by atoms with van der Waals surface area (Å²) < 4.78 is 0. The molecule has 0 bridgehead atoms. The number of nitrogens with one attached hydrogen (secondary N) is 1. The van der Waals surface area contributed by atoms with Gasteiger partial charge < -0.3 is 5.32 Å². The number of anilines is 1. The first-order chi connectivity index (χ1) is 11.9. The Balaban J connectivity index is 2.52. The minimum absolute atomic E-state index is 0.0425. The fourth-order valence-corrected chi connectivity index (χ4v) is 3.12. The van der Waals surface area contributed by atoms with Gasteiger partial charge in [-0.3, -0.25) is 9.59 Å². The van der Waals surface area contributed by atoms with Crippen LogP contribution in [0.3, 0.4) is 0 Å². The lowest BCUT2D eigenvalue weighted by Gasteiger charge is -2.14. The van der Waals surface area contributed by atoms with Gasteiger partial charge in [-0.05, 0) is 55.9 Å². The number of hydrogen-bond donors (Lipinski definition) is 1.